The second-order valence-electron chi connectivity index (χ2n) is 2.71. The summed E-state index contributed by atoms with van der Waals surface area (Å²) in [6.07, 6.45) is 0.531. The number of nitro benzene ring substituents is 1. The van der Waals surface area contributed by atoms with Crippen LogP contribution in [0.3, 0.4) is 0 Å². The van der Waals surface area contributed by atoms with Crippen LogP contribution in [0.1, 0.15) is 21.5 Å². The van der Waals surface area contributed by atoms with Gasteiger partial charge >= 0.3 is 0 Å². The second kappa shape index (κ2) is 3.66. The molecule has 0 unspecified atom stereocenters. The van der Waals surface area contributed by atoms with Gasteiger partial charge in [-0.25, -0.2) is 0 Å². The average Bonchev–Trinajstić information content (AvgIpc) is 2.16. The zero-order chi connectivity index (χ0) is 10.7. The number of hydrogen-bond donors (Lipinski definition) is 0. The van der Waals surface area contributed by atoms with Crippen molar-refractivity contribution in [3.8, 4) is 6.07 Å². The van der Waals surface area contributed by atoms with E-state index < -0.39 is 4.92 Å². The van der Waals surface area contributed by atoms with Crippen molar-refractivity contribution in [3.63, 3.8) is 0 Å². The van der Waals surface area contributed by atoms with Crippen molar-refractivity contribution in [2.75, 3.05) is 0 Å². The minimum absolute atomic E-state index is 0.0295. The number of aryl methyl sites for hydroxylation is 1. The van der Waals surface area contributed by atoms with Crippen LogP contribution in [0.4, 0.5) is 5.69 Å². The third-order valence-corrected chi connectivity index (χ3v) is 1.83. The summed E-state index contributed by atoms with van der Waals surface area (Å²) in [5.74, 6) is 0. The molecule has 0 aliphatic rings. The van der Waals surface area contributed by atoms with E-state index in [4.69, 9.17) is 5.26 Å². The summed E-state index contributed by atoms with van der Waals surface area (Å²) in [4.78, 5) is 20.3. The lowest BCUT2D eigenvalue weighted by Gasteiger charge is -1.99. The van der Waals surface area contributed by atoms with E-state index in [0.29, 0.717) is 11.8 Å². The van der Waals surface area contributed by atoms with Gasteiger partial charge in [0.05, 0.1) is 4.92 Å². The Balaban J connectivity index is 3.49. The Bertz CT molecular complexity index is 446. The molecule has 0 saturated heterocycles. The predicted molar refractivity (Wildman–Crippen MR) is 47.9 cm³/mol. The maximum absolute atomic E-state index is 10.5. The fourth-order valence-corrected chi connectivity index (χ4v) is 1.08. The number of nitrogens with zero attached hydrogens (tertiary/aromatic N) is 2. The van der Waals surface area contributed by atoms with Crippen molar-refractivity contribution in [1.82, 2.24) is 0 Å². The first kappa shape index (κ1) is 9.86. The Morgan fingerprint density at radius 2 is 2.21 bits per heavy atom. The van der Waals surface area contributed by atoms with Crippen molar-refractivity contribution in [2.45, 2.75) is 6.92 Å². The van der Waals surface area contributed by atoms with Crippen molar-refractivity contribution >= 4 is 12.0 Å². The molecule has 1 aromatic carbocycles. The smallest absolute Gasteiger partial charge is 0.287 e. The average molecular weight is 190 g/mol. The quantitative estimate of drug-likeness (QED) is 0.402. The Morgan fingerprint density at radius 3 is 2.64 bits per heavy atom. The summed E-state index contributed by atoms with van der Waals surface area (Å²) in [7, 11) is 0. The van der Waals surface area contributed by atoms with Crippen molar-refractivity contribution in [2.24, 2.45) is 0 Å². The summed E-state index contributed by atoms with van der Waals surface area (Å²) in [6.45, 7) is 1.62. The van der Waals surface area contributed by atoms with Crippen LogP contribution in [-0.2, 0) is 0 Å². The van der Waals surface area contributed by atoms with Gasteiger partial charge in [-0.3, -0.25) is 14.9 Å². The van der Waals surface area contributed by atoms with Gasteiger partial charge in [0, 0.05) is 11.6 Å². The fraction of sp³-hybridized carbons (Fsp3) is 0.111. The van der Waals surface area contributed by atoms with Crippen LogP contribution < -0.4 is 0 Å². The molecule has 0 fully saturated rings. The van der Waals surface area contributed by atoms with Crippen molar-refractivity contribution in [3.05, 3.63) is 38.9 Å². The highest BCUT2D eigenvalue weighted by molar-refractivity contribution is 5.79. The van der Waals surface area contributed by atoms with Gasteiger partial charge in [0.1, 0.15) is 11.6 Å². The van der Waals surface area contributed by atoms with E-state index in [2.05, 4.69) is 0 Å². The molecule has 5 heteroatoms. The minimum atomic E-state index is -0.676. The lowest BCUT2D eigenvalue weighted by Crippen LogP contribution is -1.96. The fourth-order valence-electron chi connectivity index (χ4n) is 1.08. The van der Waals surface area contributed by atoms with Crippen LogP contribution in [0.2, 0.25) is 0 Å². The van der Waals surface area contributed by atoms with Gasteiger partial charge in [0.25, 0.3) is 5.69 Å². The lowest BCUT2D eigenvalue weighted by atomic mass is 10.0. The van der Waals surface area contributed by atoms with Crippen molar-refractivity contribution in [1.29, 1.82) is 5.26 Å². The van der Waals surface area contributed by atoms with Crippen LogP contribution in [0, 0.1) is 28.4 Å². The molecule has 1 rings (SSSR count). The van der Waals surface area contributed by atoms with Gasteiger partial charge in [-0.2, -0.15) is 5.26 Å². The normalized spacial score (nSPS) is 9.14. The number of carbonyl (C=O) groups excluding carboxylic acids is 1. The first-order valence-electron chi connectivity index (χ1n) is 3.74. The zero-order valence-corrected chi connectivity index (χ0v) is 7.35. The standard InChI is InChI=1S/C9H6N2O3/c1-6-2-7(4-10)9(11(13)14)3-8(6)5-12/h2-3,5H,1H3. The molecule has 0 radical (unpaired) electrons. The van der Waals surface area contributed by atoms with Crippen LogP contribution in [0.25, 0.3) is 0 Å². The van der Waals surface area contributed by atoms with Crippen LogP contribution >= 0.6 is 0 Å². The molecule has 0 atom stereocenters. The topological polar surface area (TPSA) is 84.0 Å². The number of benzene rings is 1. The SMILES string of the molecule is Cc1cc(C#N)c([N+](=O)[O-])cc1C=O. The third kappa shape index (κ3) is 1.59. The van der Waals surface area contributed by atoms with E-state index in [1.54, 1.807) is 13.0 Å². The highest BCUT2D eigenvalue weighted by atomic mass is 16.6. The molecule has 0 heterocycles. The first-order chi connectivity index (χ1) is 6.60. The van der Waals surface area contributed by atoms with Crippen LogP contribution in [-0.4, -0.2) is 11.2 Å². The van der Waals surface area contributed by atoms with Gasteiger partial charge in [0.2, 0.25) is 0 Å². The predicted octanol–water partition coefficient (Wildman–Crippen LogP) is 1.59. The molecule has 0 N–H and O–H groups in total. The molecule has 14 heavy (non-hydrogen) atoms. The molecule has 0 spiro atoms. The van der Waals surface area contributed by atoms with Gasteiger partial charge in [0.15, 0.2) is 6.29 Å². The maximum Gasteiger partial charge on any atom is 0.287 e. The van der Waals surface area contributed by atoms with Crippen LogP contribution in [0.5, 0.6) is 0 Å². The van der Waals surface area contributed by atoms with E-state index >= 15 is 0 Å². The molecule has 5 nitrogen and oxygen atoms in total. The highest BCUT2D eigenvalue weighted by Crippen LogP contribution is 2.21. The Labute approximate surface area is 79.7 Å². The molecule has 0 bridgehead atoms. The molecular formula is C9H6N2O3. The Hall–Kier alpha value is -2.22. The summed E-state index contributed by atoms with van der Waals surface area (Å²) in [5.41, 5.74) is 0.427. The van der Waals surface area contributed by atoms with E-state index in [1.807, 2.05) is 0 Å². The number of aldehydes is 1. The zero-order valence-electron chi connectivity index (χ0n) is 7.35. The number of nitriles is 1. The molecule has 0 aliphatic heterocycles. The largest absolute Gasteiger partial charge is 0.298 e. The minimum Gasteiger partial charge on any atom is -0.298 e. The van der Waals surface area contributed by atoms with E-state index in [1.165, 1.54) is 6.07 Å². The van der Waals surface area contributed by atoms with E-state index in [9.17, 15) is 14.9 Å². The van der Waals surface area contributed by atoms with E-state index in [0.717, 1.165) is 6.07 Å². The van der Waals surface area contributed by atoms with Gasteiger partial charge in [-0.05, 0) is 18.6 Å². The monoisotopic (exact) mass is 190 g/mol. The number of nitro groups is 1. The number of rotatable bonds is 2. The van der Waals surface area contributed by atoms with Gasteiger partial charge < -0.3 is 0 Å². The third-order valence-electron chi connectivity index (χ3n) is 1.83. The Morgan fingerprint density at radius 1 is 1.57 bits per heavy atom. The maximum atomic E-state index is 10.5. The molecule has 0 aromatic heterocycles. The van der Waals surface area contributed by atoms with Crippen molar-refractivity contribution < 1.29 is 9.72 Å². The first-order valence-corrected chi connectivity index (χ1v) is 3.74. The molecule has 0 saturated carbocycles. The summed E-state index contributed by atoms with van der Waals surface area (Å²) >= 11 is 0. The summed E-state index contributed by atoms with van der Waals surface area (Å²) < 4.78 is 0. The number of hydrogen-bond acceptors (Lipinski definition) is 4. The molecular weight excluding hydrogens is 184 g/mol. The molecule has 70 valence electrons. The molecule has 1 aromatic rings. The highest BCUT2D eigenvalue weighted by Gasteiger charge is 2.15. The van der Waals surface area contributed by atoms with Gasteiger partial charge in [-0.1, -0.05) is 0 Å². The second-order valence-corrected chi connectivity index (χ2v) is 2.71. The van der Waals surface area contributed by atoms with Crippen LogP contribution in [0.15, 0.2) is 12.1 Å². The van der Waals surface area contributed by atoms with Gasteiger partial charge in [-0.15, -0.1) is 0 Å². The Kier molecular flexibility index (Phi) is 2.58. The van der Waals surface area contributed by atoms with E-state index in [-0.39, 0.29) is 16.8 Å². The molecule has 0 amide bonds. The summed E-state index contributed by atoms with van der Waals surface area (Å²) in [6, 6.07) is 4.16. The lowest BCUT2D eigenvalue weighted by molar-refractivity contribution is -0.385. The number of carbonyl (C=O) groups is 1. The summed E-state index contributed by atoms with van der Waals surface area (Å²) in [5, 5.41) is 19.1. The molecule has 0 aliphatic carbocycles.